The number of carbonyl (C=O) groups excluding carboxylic acids is 1. The van der Waals surface area contributed by atoms with Crippen LogP contribution in [0.3, 0.4) is 0 Å². The predicted octanol–water partition coefficient (Wildman–Crippen LogP) is 0.847. The first-order valence-electron chi connectivity index (χ1n) is 5.86. The van der Waals surface area contributed by atoms with Crippen molar-refractivity contribution in [3.8, 4) is 0 Å². The maximum absolute atomic E-state index is 12.3. The van der Waals surface area contributed by atoms with Crippen molar-refractivity contribution in [3.63, 3.8) is 0 Å². The number of hydrogen-bond acceptors (Lipinski definition) is 3. The second-order valence-corrected chi connectivity index (χ2v) is 3.95. The number of carboxylic acid groups (broad SMARTS) is 1. The third kappa shape index (κ3) is 4.26. The van der Waals surface area contributed by atoms with Crippen molar-refractivity contribution < 1.29 is 19.4 Å². The van der Waals surface area contributed by atoms with Crippen LogP contribution in [0.15, 0.2) is 31.0 Å². The molecule has 104 valence electrons. The number of rotatable bonds is 8. The van der Waals surface area contributed by atoms with E-state index in [1.807, 2.05) is 0 Å². The smallest absolute Gasteiger partial charge is 0.323 e. The lowest BCUT2D eigenvalue weighted by molar-refractivity contribution is -0.137. The number of aliphatic carboxylic acids is 1. The Bertz CT molecular complexity index is 453. The molecule has 19 heavy (non-hydrogen) atoms. The van der Waals surface area contributed by atoms with E-state index < -0.39 is 5.97 Å². The van der Waals surface area contributed by atoms with E-state index >= 15 is 0 Å². The summed E-state index contributed by atoms with van der Waals surface area (Å²) in [5.41, 5.74) is 0.445. The van der Waals surface area contributed by atoms with Crippen LogP contribution in [-0.2, 0) is 16.1 Å². The molecule has 0 atom stereocenters. The first-order valence-corrected chi connectivity index (χ1v) is 5.86. The summed E-state index contributed by atoms with van der Waals surface area (Å²) >= 11 is 0. The van der Waals surface area contributed by atoms with Crippen LogP contribution in [0.4, 0.5) is 0 Å². The van der Waals surface area contributed by atoms with Crippen LogP contribution in [0.25, 0.3) is 0 Å². The van der Waals surface area contributed by atoms with Crippen LogP contribution in [-0.4, -0.2) is 53.3 Å². The minimum atomic E-state index is -1.05. The van der Waals surface area contributed by atoms with Gasteiger partial charge in [-0.1, -0.05) is 6.08 Å². The highest BCUT2D eigenvalue weighted by Crippen LogP contribution is 2.07. The van der Waals surface area contributed by atoms with Gasteiger partial charge in [-0.05, 0) is 12.1 Å². The van der Waals surface area contributed by atoms with Gasteiger partial charge in [-0.25, -0.2) is 0 Å². The Hall–Kier alpha value is -2.08. The van der Waals surface area contributed by atoms with Gasteiger partial charge in [0.05, 0.1) is 6.61 Å². The molecule has 0 radical (unpaired) electrons. The maximum atomic E-state index is 12.3. The molecule has 0 aliphatic carbocycles. The van der Waals surface area contributed by atoms with E-state index in [0.717, 1.165) is 0 Å². The molecule has 0 saturated carbocycles. The fourth-order valence-electron chi connectivity index (χ4n) is 1.69. The summed E-state index contributed by atoms with van der Waals surface area (Å²) in [4.78, 5) is 24.3. The van der Waals surface area contributed by atoms with E-state index in [4.69, 9.17) is 9.84 Å². The minimum absolute atomic E-state index is 0.195. The Kier molecular flexibility index (Phi) is 5.81. The number of carboxylic acids is 1. The summed E-state index contributed by atoms with van der Waals surface area (Å²) in [6, 6.07) is 3.41. The molecule has 6 heteroatoms. The SMILES string of the molecule is C=CCN(CC(=O)O)C(=O)c1cccn1CCOC. The predicted molar refractivity (Wildman–Crippen MR) is 70.0 cm³/mol. The van der Waals surface area contributed by atoms with Crippen molar-refractivity contribution in [3.05, 3.63) is 36.7 Å². The average Bonchev–Trinajstić information content (AvgIpc) is 2.82. The molecule has 1 amide bonds. The van der Waals surface area contributed by atoms with Crippen LogP contribution in [0.5, 0.6) is 0 Å². The summed E-state index contributed by atoms with van der Waals surface area (Å²) in [5.74, 6) is -1.38. The molecular weight excluding hydrogens is 248 g/mol. The van der Waals surface area contributed by atoms with Gasteiger partial charge in [-0.3, -0.25) is 9.59 Å². The number of nitrogens with zero attached hydrogens (tertiary/aromatic N) is 2. The van der Waals surface area contributed by atoms with Crippen molar-refractivity contribution in [2.45, 2.75) is 6.54 Å². The molecule has 0 saturated heterocycles. The number of methoxy groups -OCH3 is 1. The molecule has 0 aliphatic heterocycles. The highest BCUT2D eigenvalue weighted by Gasteiger charge is 2.19. The largest absolute Gasteiger partial charge is 0.480 e. The average molecular weight is 266 g/mol. The molecule has 0 fully saturated rings. The zero-order valence-corrected chi connectivity index (χ0v) is 10.9. The first-order chi connectivity index (χ1) is 9.10. The molecule has 1 heterocycles. The molecule has 1 aromatic heterocycles. The van der Waals surface area contributed by atoms with Gasteiger partial charge in [0.1, 0.15) is 12.2 Å². The molecule has 1 rings (SSSR count). The monoisotopic (exact) mass is 266 g/mol. The van der Waals surface area contributed by atoms with E-state index in [9.17, 15) is 9.59 Å². The normalized spacial score (nSPS) is 10.2. The van der Waals surface area contributed by atoms with Gasteiger partial charge in [0.15, 0.2) is 0 Å². The Morgan fingerprint density at radius 3 is 2.89 bits per heavy atom. The third-order valence-electron chi connectivity index (χ3n) is 2.55. The molecular formula is C13H18N2O4. The van der Waals surface area contributed by atoms with E-state index in [1.54, 1.807) is 30.0 Å². The molecule has 0 bridgehead atoms. The van der Waals surface area contributed by atoms with Gasteiger partial charge >= 0.3 is 5.97 Å². The van der Waals surface area contributed by atoms with Crippen molar-refractivity contribution in [1.29, 1.82) is 0 Å². The highest BCUT2D eigenvalue weighted by molar-refractivity contribution is 5.94. The number of amides is 1. The lowest BCUT2D eigenvalue weighted by atomic mass is 10.3. The Balaban J connectivity index is 2.86. The quantitative estimate of drug-likeness (QED) is 0.708. The first kappa shape index (κ1) is 15.0. The molecule has 1 aromatic rings. The molecule has 0 spiro atoms. The highest BCUT2D eigenvalue weighted by atomic mass is 16.5. The van der Waals surface area contributed by atoms with E-state index in [1.165, 1.54) is 11.0 Å². The Labute approximate surface area is 111 Å². The Morgan fingerprint density at radius 1 is 1.58 bits per heavy atom. The topological polar surface area (TPSA) is 71.8 Å². The number of aromatic nitrogens is 1. The number of hydrogen-bond donors (Lipinski definition) is 1. The van der Waals surface area contributed by atoms with Crippen molar-refractivity contribution in [2.75, 3.05) is 26.8 Å². The number of carbonyl (C=O) groups is 2. The fraction of sp³-hybridized carbons (Fsp3) is 0.385. The van der Waals surface area contributed by atoms with E-state index in [0.29, 0.717) is 18.8 Å². The second-order valence-electron chi connectivity index (χ2n) is 3.95. The van der Waals surface area contributed by atoms with E-state index in [-0.39, 0.29) is 19.0 Å². The van der Waals surface area contributed by atoms with Gasteiger partial charge in [-0.2, -0.15) is 0 Å². The molecule has 0 aliphatic rings. The summed E-state index contributed by atoms with van der Waals surface area (Å²) in [6.07, 6.45) is 3.27. The van der Waals surface area contributed by atoms with Crippen molar-refractivity contribution in [1.82, 2.24) is 9.47 Å². The summed E-state index contributed by atoms with van der Waals surface area (Å²) in [6.45, 7) is 4.40. The van der Waals surface area contributed by atoms with Gasteiger partial charge in [0, 0.05) is 26.4 Å². The lowest BCUT2D eigenvalue weighted by Crippen LogP contribution is -2.37. The van der Waals surface area contributed by atoms with Crippen LogP contribution in [0, 0.1) is 0 Å². The van der Waals surface area contributed by atoms with Crippen LogP contribution in [0.1, 0.15) is 10.5 Å². The standard InChI is InChI=1S/C13H18N2O4/c1-3-6-15(10-12(16)17)13(18)11-5-4-7-14(11)8-9-19-2/h3-5,7H,1,6,8-10H2,2H3,(H,16,17). The van der Waals surface area contributed by atoms with Crippen LogP contribution in [0.2, 0.25) is 0 Å². The molecule has 0 aromatic carbocycles. The summed E-state index contributed by atoms with van der Waals surface area (Å²) < 4.78 is 6.71. The van der Waals surface area contributed by atoms with Crippen LogP contribution >= 0.6 is 0 Å². The van der Waals surface area contributed by atoms with Gasteiger partial charge in [-0.15, -0.1) is 6.58 Å². The summed E-state index contributed by atoms with van der Waals surface area (Å²) in [5, 5.41) is 8.81. The summed E-state index contributed by atoms with van der Waals surface area (Å²) in [7, 11) is 1.58. The van der Waals surface area contributed by atoms with Crippen LogP contribution < -0.4 is 0 Å². The lowest BCUT2D eigenvalue weighted by Gasteiger charge is -2.19. The molecule has 1 N–H and O–H groups in total. The zero-order valence-electron chi connectivity index (χ0n) is 10.9. The third-order valence-corrected chi connectivity index (χ3v) is 2.55. The maximum Gasteiger partial charge on any atom is 0.323 e. The number of ether oxygens (including phenoxy) is 1. The van der Waals surface area contributed by atoms with E-state index in [2.05, 4.69) is 6.58 Å². The second kappa shape index (κ2) is 7.38. The van der Waals surface area contributed by atoms with Gasteiger partial charge < -0.3 is 19.3 Å². The van der Waals surface area contributed by atoms with Crippen molar-refractivity contribution >= 4 is 11.9 Å². The van der Waals surface area contributed by atoms with Crippen molar-refractivity contribution in [2.24, 2.45) is 0 Å². The van der Waals surface area contributed by atoms with Gasteiger partial charge in [0.25, 0.3) is 5.91 Å². The molecule has 6 nitrogen and oxygen atoms in total. The van der Waals surface area contributed by atoms with Gasteiger partial charge in [0.2, 0.25) is 0 Å². The Morgan fingerprint density at radius 2 is 2.32 bits per heavy atom. The minimum Gasteiger partial charge on any atom is -0.480 e. The fourth-order valence-corrected chi connectivity index (χ4v) is 1.69. The zero-order chi connectivity index (χ0) is 14.3. The molecule has 0 unspecified atom stereocenters.